The maximum atomic E-state index is 4.71. The molecule has 0 aliphatic heterocycles. The average Bonchev–Trinajstić information content (AvgIpc) is 3.61. The molecule has 45 heavy (non-hydrogen) atoms. The zero-order valence-electron chi connectivity index (χ0n) is 25.1. The molecule has 3 nitrogen and oxygen atoms in total. The van der Waals surface area contributed by atoms with Gasteiger partial charge in [0.2, 0.25) is 0 Å². The van der Waals surface area contributed by atoms with Crippen LogP contribution in [-0.4, -0.2) is 15.3 Å². The van der Waals surface area contributed by atoms with Crippen molar-refractivity contribution in [3.05, 3.63) is 169 Å². The first-order chi connectivity index (χ1) is 22.2. The van der Waals surface area contributed by atoms with Crippen LogP contribution in [-0.2, 0) is 0 Å². The van der Waals surface area contributed by atoms with Crippen LogP contribution in [0.4, 0.5) is 0 Å². The monoisotopic (exact) mass is 577 g/mol. The third-order valence-corrected chi connectivity index (χ3v) is 8.69. The molecule has 0 N–H and O–H groups in total. The molecule has 8 rings (SSSR count). The number of hydrogen-bond donors (Lipinski definition) is 0. The fraction of sp³-hybridized carbons (Fsp3) is 0.0238. The van der Waals surface area contributed by atoms with Crippen molar-refractivity contribution in [2.45, 2.75) is 6.92 Å². The molecule has 8 aromatic rings. The Morgan fingerprint density at radius 1 is 0.511 bits per heavy atom. The Morgan fingerprint density at radius 3 is 1.38 bits per heavy atom. The number of aliphatic imine (C=N–C) groups is 1. The third kappa shape index (κ3) is 4.57. The Balaban J connectivity index is 1.09. The normalized spacial score (nSPS) is 12.2. The average molecular weight is 578 g/mol. The van der Waals surface area contributed by atoms with Crippen LogP contribution in [0.3, 0.4) is 0 Å². The summed E-state index contributed by atoms with van der Waals surface area (Å²) in [6, 6.07) is 51.6. The molecule has 0 fully saturated rings. The van der Waals surface area contributed by atoms with Crippen molar-refractivity contribution >= 4 is 61.0 Å². The van der Waals surface area contributed by atoms with E-state index in [0.29, 0.717) is 0 Å². The van der Waals surface area contributed by atoms with E-state index in [4.69, 9.17) is 4.99 Å². The van der Waals surface area contributed by atoms with Crippen LogP contribution >= 0.6 is 0 Å². The highest BCUT2D eigenvalue weighted by Crippen LogP contribution is 2.34. The summed E-state index contributed by atoms with van der Waals surface area (Å²) in [7, 11) is 0. The molecule has 6 aromatic carbocycles. The minimum Gasteiger partial charge on any atom is -0.309 e. The first-order valence-electron chi connectivity index (χ1n) is 15.2. The SMILES string of the molecule is C=C(/C=N\C=C(/C)c1cccc(-n2c3ccccc3c3ccccc32)c1)c1cccc(-n2c3ccccc3c3ccccc32)c1. The fourth-order valence-corrected chi connectivity index (χ4v) is 6.52. The van der Waals surface area contributed by atoms with Gasteiger partial charge in [0.15, 0.2) is 0 Å². The summed E-state index contributed by atoms with van der Waals surface area (Å²) in [5.74, 6) is 0. The van der Waals surface area contributed by atoms with Gasteiger partial charge < -0.3 is 9.13 Å². The van der Waals surface area contributed by atoms with E-state index in [1.165, 1.54) is 43.6 Å². The van der Waals surface area contributed by atoms with E-state index in [9.17, 15) is 0 Å². The van der Waals surface area contributed by atoms with E-state index in [2.05, 4.69) is 168 Å². The Morgan fingerprint density at radius 2 is 0.911 bits per heavy atom. The van der Waals surface area contributed by atoms with Gasteiger partial charge in [-0.25, -0.2) is 0 Å². The minimum absolute atomic E-state index is 0.862. The highest BCUT2D eigenvalue weighted by molar-refractivity contribution is 6.11. The number of fused-ring (bicyclic) bond motifs is 6. The van der Waals surface area contributed by atoms with Crippen LogP contribution in [0.25, 0.3) is 66.1 Å². The number of benzene rings is 6. The zero-order valence-corrected chi connectivity index (χ0v) is 25.1. The molecule has 2 heterocycles. The zero-order chi connectivity index (χ0) is 30.3. The number of para-hydroxylation sites is 4. The van der Waals surface area contributed by atoms with Crippen molar-refractivity contribution in [2.75, 3.05) is 0 Å². The van der Waals surface area contributed by atoms with Crippen LogP contribution in [0.1, 0.15) is 18.1 Å². The molecule has 0 aliphatic carbocycles. The smallest absolute Gasteiger partial charge is 0.0541 e. The van der Waals surface area contributed by atoms with Crippen LogP contribution in [0.5, 0.6) is 0 Å². The molecule has 0 saturated carbocycles. The van der Waals surface area contributed by atoms with Gasteiger partial charge in [0.1, 0.15) is 0 Å². The summed E-state index contributed by atoms with van der Waals surface area (Å²) < 4.78 is 4.67. The van der Waals surface area contributed by atoms with E-state index in [1.807, 2.05) is 12.4 Å². The van der Waals surface area contributed by atoms with E-state index >= 15 is 0 Å². The first-order valence-corrected chi connectivity index (χ1v) is 15.2. The molecule has 0 aliphatic rings. The standard InChI is InChI=1S/C42H31N3/c1-29(31-13-11-15-33(25-31)44-39-21-7-3-17-35(39)36-18-4-8-22-40(36)44)27-43-28-30(2)32-14-12-16-34(26-32)45-41-23-9-5-19-37(41)38-20-6-10-24-42(38)45/h3-28H,1H2,2H3/b30-28+,43-27-. The van der Waals surface area contributed by atoms with E-state index < -0.39 is 0 Å². The van der Waals surface area contributed by atoms with E-state index in [0.717, 1.165) is 33.6 Å². The molecule has 2 aromatic heterocycles. The topological polar surface area (TPSA) is 22.2 Å². The van der Waals surface area contributed by atoms with Crippen molar-refractivity contribution in [2.24, 2.45) is 4.99 Å². The molecule has 0 radical (unpaired) electrons. The van der Waals surface area contributed by atoms with Gasteiger partial charge in [0, 0.05) is 45.3 Å². The summed E-state index contributed by atoms with van der Waals surface area (Å²) in [5.41, 5.74) is 11.1. The molecule has 0 amide bonds. The molecule has 0 spiro atoms. The van der Waals surface area contributed by atoms with Crippen LogP contribution in [0.15, 0.2) is 163 Å². The molecule has 0 atom stereocenters. The van der Waals surface area contributed by atoms with Gasteiger partial charge in [0.25, 0.3) is 0 Å². The Kier molecular flexibility index (Phi) is 6.50. The lowest BCUT2D eigenvalue weighted by atomic mass is 10.1. The molecule has 0 saturated heterocycles. The number of rotatable bonds is 6. The quantitative estimate of drug-likeness (QED) is 0.175. The maximum absolute atomic E-state index is 4.71. The summed E-state index contributed by atoms with van der Waals surface area (Å²) in [4.78, 5) is 4.71. The van der Waals surface area contributed by atoms with Gasteiger partial charge in [-0.05, 0) is 77.7 Å². The second-order valence-corrected chi connectivity index (χ2v) is 11.5. The highest BCUT2D eigenvalue weighted by atomic mass is 15.0. The molecular weight excluding hydrogens is 546 g/mol. The highest BCUT2D eigenvalue weighted by Gasteiger charge is 2.13. The molecule has 214 valence electrons. The van der Waals surface area contributed by atoms with Crippen molar-refractivity contribution < 1.29 is 0 Å². The van der Waals surface area contributed by atoms with Gasteiger partial charge in [-0.2, -0.15) is 0 Å². The summed E-state index contributed by atoms with van der Waals surface area (Å²) in [6.07, 6.45) is 3.78. The van der Waals surface area contributed by atoms with Crippen molar-refractivity contribution in [1.29, 1.82) is 0 Å². The Labute approximate surface area is 262 Å². The first kappa shape index (κ1) is 26.7. The van der Waals surface area contributed by atoms with Crippen LogP contribution < -0.4 is 0 Å². The second kappa shape index (κ2) is 11.0. The summed E-state index contributed by atoms with van der Waals surface area (Å²) in [6.45, 7) is 6.46. The number of aromatic nitrogens is 2. The van der Waals surface area contributed by atoms with Crippen molar-refractivity contribution in [1.82, 2.24) is 9.13 Å². The lowest BCUT2D eigenvalue weighted by Crippen LogP contribution is -1.95. The second-order valence-electron chi connectivity index (χ2n) is 11.5. The van der Waals surface area contributed by atoms with Crippen molar-refractivity contribution in [3.8, 4) is 11.4 Å². The Bertz CT molecular complexity index is 2360. The predicted molar refractivity (Wildman–Crippen MR) is 193 cm³/mol. The summed E-state index contributed by atoms with van der Waals surface area (Å²) >= 11 is 0. The van der Waals surface area contributed by atoms with Crippen molar-refractivity contribution in [3.63, 3.8) is 0 Å². The number of nitrogens with zero attached hydrogens (tertiary/aromatic N) is 3. The van der Waals surface area contributed by atoms with Gasteiger partial charge in [-0.1, -0.05) is 104 Å². The molecule has 0 unspecified atom stereocenters. The Hall–Kier alpha value is -5.93. The van der Waals surface area contributed by atoms with E-state index in [1.54, 1.807) is 0 Å². The number of allylic oxidation sites excluding steroid dienone is 2. The van der Waals surface area contributed by atoms with Gasteiger partial charge in [-0.15, -0.1) is 0 Å². The van der Waals surface area contributed by atoms with E-state index in [-0.39, 0.29) is 0 Å². The fourth-order valence-electron chi connectivity index (χ4n) is 6.52. The summed E-state index contributed by atoms with van der Waals surface area (Å²) in [5, 5.41) is 5.02. The molecule has 3 heteroatoms. The molecular formula is C42H31N3. The lowest BCUT2D eigenvalue weighted by Gasteiger charge is -2.10. The number of hydrogen-bond acceptors (Lipinski definition) is 1. The maximum Gasteiger partial charge on any atom is 0.0541 e. The van der Waals surface area contributed by atoms with Gasteiger partial charge >= 0.3 is 0 Å². The largest absolute Gasteiger partial charge is 0.309 e. The van der Waals surface area contributed by atoms with Gasteiger partial charge in [0.05, 0.1) is 22.1 Å². The predicted octanol–water partition coefficient (Wildman–Crippen LogP) is 11.0. The van der Waals surface area contributed by atoms with Crippen LogP contribution in [0, 0.1) is 0 Å². The van der Waals surface area contributed by atoms with Gasteiger partial charge in [-0.3, -0.25) is 4.99 Å². The van der Waals surface area contributed by atoms with Crippen LogP contribution in [0.2, 0.25) is 0 Å². The third-order valence-electron chi connectivity index (χ3n) is 8.69. The lowest BCUT2D eigenvalue weighted by molar-refractivity contribution is 1.18. The minimum atomic E-state index is 0.862. The molecule has 0 bridgehead atoms.